The molecule has 0 saturated carbocycles. The van der Waals surface area contributed by atoms with Crippen LogP contribution in [0.5, 0.6) is 0 Å². The van der Waals surface area contributed by atoms with Crippen molar-refractivity contribution in [1.82, 2.24) is 0 Å². The summed E-state index contributed by atoms with van der Waals surface area (Å²) in [7, 11) is 1.62. The molecule has 17 heavy (non-hydrogen) atoms. The first-order chi connectivity index (χ1) is 8.03. The third-order valence-electron chi connectivity index (χ3n) is 1.49. The lowest BCUT2D eigenvalue weighted by Crippen LogP contribution is -1.97. The molecular weight excluding hydrogens is 310 g/mol. The Morgan fingerprint density at radius 3 is 2.53 bits per heavy atom. The molecular formula is C11H13BrF2N2S. The summed E-state index contributed by atoms with van der Waals surface area (Å²) in [6.07, 6.45) is 6.17. The van der Waals surface area contributed by atoms with Gasteiger partial charge in [0.1, 0.15) is 11.7 Å². The van der Waals surface area contributed by atoms with Crippen molar-refractivity contribution in [3.63, 3.8) is 0 Å². The Morgan fingerprint density at radius 1 is 1.41 bits per heavy atom. The highest BCUT2D eigenvalue weighted by molar-refractivity contribution is 9.10. The van der Waals surface area contributed by atoms with Crippen LogP contribution in [-0.2, 0) is 0 Å². The first kappa shape index (κ1) is 16.2. The molecule has 0 aliphatic heterocycles. The molecule has 6 heteroatoms. The van der Waals surface area contributed by atoms with E-state index in [9.17, 15) is 8.78 Å². The van der Waals surface area contributed by atoms with Crippen LogP contribution < -0.4 is 0 Å². The molecule has 0 aromatic rings. The largest absolute Gasteiger partial charge is 0.264 e. The standard InChI is InChI=1S/C11H13BrF2N2S/c1-4-9(13)6-10(14)5-8(12)7-16-11(15-2)17-3/h4-8H,1H2,2-3H3/b9-6+,10-5+,15-11+,16-7-. The number of hydrogen-bond acceptors (Lipinski definition) is 2. The maximum Gasteiger partial charge on any atom is 0.182 e. The molecule has 0 rings (SSSR count). The van der Waals surface area contributed by atoms with E-state index < -0.39 is 16.5 Å². The van der Waals surface area contributed by atoms with Crippen LogP contribution in [0.1, 0.15) is 0 Å². The van der Waals surface area contributed by atoms with Crippen molar-refractivity contribution in [2.45, 2.75) is 4.83 Å². The number of hydrogen-bond donors (Lipinski definition) is 0. The zero-order chi connectivity index (χ0) is 13.3. The molecule has 0 saturated heterocycles. The minimum atomic E-state index is -0.727. The molecule has 0 fully saturated rings. The van der Waals surface area contributed by atoms with Crippen molar-refractivity contribution in [3.8, 4) is 0 Å². The van der Waals surface area contributed by atoms with Gasteiger partial charge in [0.2, 0.25) is 0 Å². The summed E-state index contributed by atoms with van der Waals surface area (Å²) in [5.41, 5.74) is 0. The van der Waals surface area contributed by atoms with Gasteiger partial charge in [-0.15, -0.1) is 0 Å². The molecule has 1 atom stereocenters. The number of halogens is 3. The van der Waals surface area contributed by atoms with E-state index in [-0.39, 0.29) is 0 Å². The van der Waals surface area contributed by atoms with E-state index in [4.69, 9.17) is 0 Å². The summed E-state index contributed by atoms with van der Waals surface area (Å²) >= 11 is 4.55. The average molecular weight is 323 g/mol. The third kappa shape index (κ3) is 8.04. The molecule has 94 valence electrons. The van der Waals surface area contributed by atoms with Gasteiger partial charge in [-0.1, -0.05) is 34.3 Å². The number of thioether (sulfide) groups is 1. The number of rotatable bonds is 4. The van der Waals surface area contributed by atoms with E-state index in [0.717, 1.165) is 12.2 Å². The lowest BCUT2D eigenvalue weighted by molar-refractivity contribution is 0.630. The molecule has 0 N–H and O–H groups in total. The van der Waals surface area contributed by atoms with Gasteiger partial charge in [0.05, 0.1) is 4.83 Å². The maximum atomic E-state index is 13.1. The van der Waals surface area contributed by atoms with E-state index in [1.807, 2.05) is 6.26 Å². The minimum absolute atomic E-state index is 0.430. The van der Waals surface area contributed by atoms with E-state index in [0.29, 0.717) is 5.17 Å². The molecule has 0 spiro atoms. The summed E-state index contributed by atoms with van der Waals surface area (Å²) in [6.45, 7) is 3.18. The fourth-order valence-electron chi connectivity index (χ4n) is 0.771. The van der Waals surface area contributed by atoms with Gasteiger partial charge < -0.3 is 0 Å². The molecule has 0 aromatic carbocycles. The van der Waals surface area contributed by atoms with E-state index in [1.165, 1.54) is 24.1 Å². The summed E-state index contributed by atoms with van der Waals surface area (Å²) in [4.78, 5) is 7.46. The summed E-state index contributed by atoms with van der Waals surface area (Å²) < 4.78 is 25.8. The number of alkyl halides is 1. The molecule has 0 aliphatic carbocycles. The highest BCUT2D eigenvalue weighted by atomic mass is 79.9. The van der Waals surface area contributed by atoms with Crippen molar-refractivity contribution in [3.05, 3.63) is 36.5 Å². The number of amidine groups is 1. The van der Waals surface area contributed by atoms with Gasteiger partial charge in [-0.2, -0.15) is 0 Å². The molecule has 0 amide bonds. The smallest absolute Gasteiger partial charge is 0.182 e. The maximum absolute atomic E-state index is 13.1. The van der Waals surface area contributed by atoms with Crippen LogP contribution in [0.3, 0.4) is 0 Å². The van der Waals surface area contributed by atoms with Gasteiger partial charge >= 0.3 is 0 Å². The van der Waals surface area contributed by atoms with Gasteiger partial charge in [-0.3, -0.25) is 4.99 Å². The van der Waals surface area contributed by atoms with Gasteiger partial charge in [-0.05, 0) is 18.4 Å². The van der Waals surface area contributed by atoms with Crippen LogP contribution in [0.25, 0.3) is 0 Å². The van der Waals surface area contributed by atoms with Gasteiger partial charge in [0.15, 0.2) is 5.17 Å². The first-order valence-corrected chi connectivity index (χ1v) is 6.73. The van der Waals surface area contributed by atoms with Crippen LogP contribution in [-0.4, -0.2) is 29.5 Å². The summed E-state index contributed by atoms with van der Waals surface area (Å²) in [6, 6.07) is 0. The van der Waals surface area contributed by atoms with E-state index in [2.05, 4.69) is 32.5 Å². The highest BCUT2D eigenvalue weighted by Crippen LogP contribution is 2.11. The lowest BCUT2D eigenvalue weighted by atomic mass is 10.3. The van der Waals surface area contributed by atoms with Gasteiger partial charge in [0, 0.05) is 19.3 Å². The number of allylic oxidation sites excluding steroid dienone is 5. The Balaban J connectivity index is 4.59. The Bertz CT molecular complexity index is 376. The van der Waals surface area contributed by atoms with Crippen molar-refractivity contribution < 1.29 is 8.78 Å². The van der Waals surface area contributed by atoms with Crippen molar-refractivity contribution in [1.29, 1.82) is 0 Å². The second-order valence-corrected chi connectivity index (χ2v) is 4.55. The molecule has 0 bridgehead atoms. The molecule has 1 unspecified atom stereocenters. The van der Waals surface area contributed by atoms with Crippen LogP contribution in [0, 0.1) is 0 Å². The Morgan fingerprint density at radius 2 is 2.06 bits per heavy atom. The Hall–Kier alpha value is -0.750. The van der Waals surface area contributed by atoms with Crippen LogP contribution in [0.4, 0.5) is 8.78 Å². The fourth-order valence-corrected chi connectivity index (χ4v) is 1.49. The fraction of sp³-hybridized carbons (Fsp3) is 0.273. The molecule has 0 aromatic heterocycles. The Labute approximate surface area is 112 Å². The average Bonchev–Trinajstić information content (AvgIpc) is 2.29. The van der Waals surface area contributed by atoms with Crippen LogP contribution in [0.15, 0.2) is 46.4 Å². The predicted octanol–water partition coefficient (Wildman–Crippen LogP) is 4.06. The minimum Gasteiger partial charge on any atom is -0.264 e. The normalized spacial score (nSPS) is 16.4. The van der Waals surface area contributed by atoms with Gasteiger partial charge in [-0.25, -0.2) is 13.8 Å². The second-order valence-electron chi connectivity index (χ2n) is 2.72. The molecule has 0 aliphatic rings. The van der Waals surface area contributed by atoms with Crippen molar-refractivity contribution in [2.24, 2.45) is 9.98 Å². The lowest BCUT2D eigenvalue weighted by Gasteiger charge is -1.97. The topological polar surface area (TPSA) is 24.7 Å². The number of nitrogens with zero attached hydrogens (tertiary/aromatic N) is 2. The molecule has 0 heterocycles. The summed E-state index contributed by atoms with van der Waals surface area (Å²) in [5, 5.41) is 0.580. The zero-order valence-corrected chi connectivity index (χ0v) is 11.9. The van der Waals surface area contributed by atoms with Crippen molar-refractivity contribution in [2.75, 3.05) is 13.3 Å². The third-order valence-corrected chi connectivity index (χ3v) is 2.64. The number of aliphatic imine (C=N–C) groups is 2. The van der Waals surface area contributed by atoms with Crippen molar-refractivity contribution >= 4 is 39.1 Å². The van der Waals surface area contributed by atoms with E-state index >= 15 is 0 Å². The first-order valence-electron chi connectivity index (χ1n) is 4.59. The highest BCUT2D eigenvalue weighted by Gasteiger charge is 2.00. The SMILES string of the molecule is C=C/C(F)=C\C(F)=C/C(Br)/C=N\C(=N/C)SC. The Kier molecular flexibility index (Phi) is 8.89. The molecule has 0 radical (unpaired) electrons. The van der Waals surface area contributed by atoms with Gasteiger partial charge in [0.25, 0.3) is 0 Å². The monoisotopic (exact) mass is 322 g/mol. The van der Waals surface area contributed by atoms with E-state index in [1.54, 1.807) is 7.05 Å². The quantitative estimate of drug-likeness (QED) is 0.331. The van der Waals surface area contributed by atoms with Crippen LogP contribution >= 0.6 is 27.7 Å². The second kappa shape index (κ2) is 9.30. The van der Waals surface area contributed by atoms with Crippen LogP contribution in [0.2, 0.25) is 0 Å². The molecule has 2 nitrogen and oxygen atoms in total. The predicted molar refractivity (Wildman–Crippen MR) is 76.7 cm³/mol. The summed E-state index contributed by atoms with van der Waals surface area (Å²) in [5.74, 6) is -1.43. The zero-order valence-electron chi connectivity index (χ0n) is 9.53.